The second-order valence-corrected chi connectivity index (χ2v) is 11.4. The molecule has 1 saturated heterocycles. The van der Waals surface area contributed by atoms with Crippen LogP contribution in [0.3, 0.4) is 0 Å². The number of pyridine rings is 2. The fraction of sp³-hybridized carbons (Fsp3) is 0.321. The molecule has 3 heterocycles. The molecule has 3 amide bonds. The van der Waals surface area contributed by atoms with Crippen molar-refractivity contribution in [3.63, 3.8) is 0 Å². The first-order valence-electron chi connectivity index (χ1n) is 12.5. The minimum Gasteiger partial charge on any atom is -0.492 e. The van der Waals surface area contributed by atoms with Gasteiger partial charge in [0.1, 0.15) is 17.2 Å². The average molecular weight is 584 g/mol. The third kappa shape index (κ3) is 7.64. The van der Waals surface area contributed by atoms with Gasteiger partial charge in [0, 0.05) is 36.3 Å². The molecule has 0 radical (unpaired) electrons. The first kappa shape index (κ1) is 29.2. The summed E-state index contributed by atoms with van der Waals surface area (Å²) in [5.41, 5.74) is -0.00477. The molecule has 1 aliphatic heterocycles. The van der Waals surface area contributed by atoms with Crippen LogP contribution in [0.2, 0.25) is 5.02 Å². The third-order valence-electron chi connectivity index (χ3n) is 5.76. The molecule has 0 aliphatic carbocycles. The minimum absolute atomic E-state index is 0.0208. The summed E-state index contributed by atoms with van der Waals surface area (Å²) in [6.45, 7) is 6.83. The summed E-state index contributed by atoms with van der Waals surface area (Å²) >= 11 is 7.38. The highest BCUT2D eigenvalue weighted by Gasteiger charge is 2.34. The Hall–Kier alpha value is -3.83. The molecule has 0 unspecified atom stereocenters. The number of amides is 3. The number of hydrogen-bond acceptors (Lipinski definition) is 8. The number of nitrogens with zero attached hydrogens (tertiary/aromatic N) is 3. The zero-order valence-electron chi connectivity index (χ0n) is 22.6. The van der Waals surface area contributed by atoms with Crippen LogP contribution in [0.15, 0.2) is 59.8 Å². The number of aromatic nitrogens is 2. The average Bonchev–Trinajstić information content (AvgIpc) is 2.88. The molecule has 0 spiro atoms. The molecular formula is C28H30ClN5O5S. The van der Waals surface area contributed by atoms with Crippen LogP contribution < -0.4 is 15.4 Å². The van der Waals surface area contributed by atoms with Gasteiger partial charge in [-0.2, -0.15) is 0 Å². The number of rotatable bonds is 8. The molecule has 2 N–H and O–H groups in total. The van der Waals surface area contributed by atoms with E-state index in [1.807, 2.05) is 33.1 Å². The molecule has 0 bridgehead atoms. The summed E-state index contributed by atoms with van der Waals surface area (Å²) in [5, 5.41) is 5.86. The van der Waals surface area contributed by atoms with Crippen LogP contribution in [0, 0.1) is 5.92 Å². The molecule has 0 saturated carbocycles. The maximum Gasteiger partial charge on any atom is 0.410 e. The van der Waals surface area contributed by atoms with E-state index < -0.39 is 17.4 Å². The van der Waals surface area contributed by atoms with Gasteiger partial charge in [-0.1, -0.05) is 11.6 Å². The maximum atomic E-state index is 13.4. The number of carbonyl (C=O) groups is 3. The molecule has 12 heteroatoms. The minimum atomic E-state index is -0.555. The fourth-order valence-corrected chi connectivity index (χ4v) is 4.34. The molecule has 3 aromatic rings. The molecule has 1 aliphatic rings. The van der Waals surface area contributed by atoms with Crippen LogP contribution in [0.4, 0.5) is 16.3 Å². The van der Waals surface area contributed by atoms with Crippen molar-refractivity contribution in [2.45, 2.75) is 31.3 Å². The Morgan fingerprint density at radius 2 is 1.85 bits per heavy atom. The van der Waals surface area contributed by atoms with Gasteiger partial charge in [-0.3, -0.25) is 9.59 Å². The van der Waals surface area contributed by atoms with Crippen molar-refractivity contribution in [1.82, 2.24) is 14.9 Å². The van der Waals surface area contributed by atoms with Crippen molar-refractivity contribution >= 4 is 52.8 Å². The van der Waals surface area contributed by atoms with Gasteiger partial charge < -0.3 is 25.0 Å². The molecule has 0 atom stereocenters. The van der Waals surface area contributed by atoms with Crippen molar-refractivity contribution in [2.75, 3.05) is 36.6 Å². The second-order valence-electron chi connectivity index (χ2n) is 10.1. The number of ether oxygens (including phenoxy) is 2. The van der Waals surface area contributed by atoms with E-state index in [9.17, 15) is 14.4 Å². The zero-order valence-corrected chi connectivity index (χ0v) is 24.1. The number of nitrogens with one attached hydrogen (secondary N) is 2. The Kier molecular flexibility index (Phi) is 9.16. The summed E-state index contributed by atoms with van der Waals surface area (Å²) in [5.74, 6) is -0.198. The van der Waals surface area contributed by atoms with E-state index in [1.165, 1.54) is 24.2 Å². The standard InChI is InChI=1S/C28H30ClN5O5S/c1-28(2,3)39-27(37)34-14-17(15-34)16-38-22-12-19(40-4)8-9-20(22)25(35)32-21-6-5-11-30-24(21)26(36)33-23-10-7-18(29)13-31-23/h5-13,17H,14-16H2,1-4H3,(H,32,35)(H,31,33,36). The van der Waals surface area contributed by atoms with Crippen LogP contribution >= 0.6 is 23.4 Å². The van der Waals surface area contributed by atoms with Gasteiger partial charge in [0.2, 0.25) is 0 Å². The number of benzene rings is 1. The Labute approximate surface area is 241 Å². The summed E-state index contributed by atoms with van der Waals surface area (Å²) in [7, 11) is 0. The summed E-state index contributed by atoms with van der Waals surface area (Å²) in [6, 6.07) is 11.7. The lowest BCUT2D eigenvalue weighted by Crippen LogP contribution is -2.53. The van der Waals surface area contributed by atoms with Gasteiger partial charge in [-0.05, 0) is 69.5 Å². The molecular weight excluding hydrogens is 554 g/mol. The van der Waals surface area contributed by atoms with E-state index in [4.69, 9.17) is 21.1 Å². The Balaban J connectivity index is 1.43. The predicted molar refractivity (Wildman–Crippen MR) is 154 cm³/mol. The SMILES string of the molecule is CSc1ccc(C(=O)Nc2cccnc2C(=O)Nc2ccc(Cl)cn2)c(OCC2CN(C(=O)OC(C)(C)C)C2)c1. The molecule has 210 valence electrons. The molecule has 1 aromatic carbocycles. The van der Waals surface area contributed by atoms with Gasteiger partial charge in [-0.15, -0.1) is 11.8 Å². The van der Waals surface area contributed by atoms with Gasteiger partial charge >= 0.3 is 6.09 Å². The van der Waals surface area contributed by atoms with Crippen LogP contribution in [-0.4, -0.2) is 64.3 Å². The smallest absolute Gasteiger partial charge is 0.410 e. The second kappa shape index (κ2) is 12.6. The molecule has 10 nitrogen and oxygen atoms in total. The quantitative estimate of drug-likeness (QED) is 0.328. The first-order chi connectivity index (χ1) is 19.0. The Morgan fingerprint density at radius 3 is 2.52 bits per heavy atom. The van der Waals surface area contributed by atoms with E-state index in [1.54, 1.807) is 41.3 Å². The van der Waals surface area contributed by atoms with E-state index in [0.29, 0.717) is 41.8 Å². The zero-order chi connectivity index (χ0) is 28.9. The van der Waals surface area contributed by atoms with Crippen molar-refractivity contribution < 1.29 is 23.9 Å². The highest BCUT2D eigenvalue weighted by atomic mass is 35.5. The van der Waals surface area contributed by atoms with Gasteiger partial charge in [0.05, 0.1) is 22.9 Å². The van der Waals surface area contributed by atoms with Crippen LogP contribution in [0.1, 0.15) is 41.6 Å². The van der Waals surface area contributed by atoms with Gasteiger partial charge in [-0.25, -0.2) is 14.8 Å². The monoisotopic (exact) mass is 583 g/mol. The Bertz CT molecular complexity index is 1390. The number of likely N-dealkylation sites (tertiary alicyclic amines) is 1. The lowest BCUT2D eigenvalue weighted by atomic mass is 10.0. The highest BCUT2D eigenvalue weighted by Crippen LogP contribution is 2.29. The summed E-state index contributed by atoms with van der Waals surface area (Å²) < 4.78 is 11.5. The van der Waals surface area contributed by atoms with Gasteiger partial charge in [0.25, 0.3) is 11.8 Å². The number of halogens is 1. The molecule has 4 rings (SSSR count). The van der Waals surface area contributed by atoms with Crippen LogP contribution in [0.25, 0.3) is 0 Å². The Morgan fingerprint density at radius 1 is 1.07 bits per heavy atom. The van der Waals surface area contributed by atoms with E-state index >= 15 is 0 Å². The fourth-order valence-electron chi connectivity index (χ4n) is 3.80. The number of anilines is 2. The van der Waals surface area contributed by atoms with Crippen LogP contribution in [-0.2, 0) is 4.74 Å². The molecule has 2 aromatic heterocycles. The van der Waals surface area contributed by atoms with Crippen molar-refractivity contribution in [3.8, 4) is 5.75 Å². The summed E-state index contributed by atoms with van der Waals surface area (Å²) in [6.07, 6.45) is 4.45. The van der Waals surface area contributed by atoms with E-state index in [-0.39, 0.29) is 23.4 Å². The number of thioether (sulfide) groups is 1. The number of hydrogen-bond donors (Lipinski definition) is 2. The maximum absolute atomic E-state index is 13.4. The first-order valence-corrected chi connectivity index (χ1v) is 14.1. The molecule has 40 heavy (non-hydrogen) atoms. The summed E-state index contributed by atoms with van der Waals surface area (Å²) in [4.78, 5) is 49.2. The largest absolute Gasteiger partial charge is 0.492 e. The van der Waals surface area contributed by atoms with Crippen LogP contribution in [0.5, 0.6) is 5.75 Å². The van der Waals surface area contributed by atoms with E-state index in [0.717, 1.165) is 4.90 Å². The third-order valence-corrected chi connectivity index (χ3v) is 6.71. The van der Waals surface area contributed by atoms with Crippen molar-refractivity contribution in [3.05, 3.63) is 71.1 Å². The highest BCUT2D eigenvalue weighted by molar-refractivity contribution is 7.98. The topological polar surface area (TPSA) is 123 Å². The lowest BCUT2D eigenvalue weighted by molar-refractivity contribution is -0.00785. The van der Waals surface area contributed by atoms with E-state index in [2.05, 4.69) is 20.6 Å². The predicted octanol–water partition coefficient (Wildman–Crippen LogP) is 5.60. The molecule has 1 fully saturated rings. The normalized spacial score (nSPS) is 13.3. The number of carbonyl (C=O) groups excluding carboxylic acids is 3. The van der Waals surface area contributed by atoms with Gasteiger partial charge in [0.15, 0.2) is 5.69 Å². The van der Waals surface area contributed by atoms with Crippen molar-refractivity contribution in [1.29, 1.82) is 0 Å². The lowest BCUT2D eigenvalue weighted by Gasteiger charge is -2.39. The van der Waals surface area contributed by atoms with Crippen molar-refractivity contribution in [2.24, 2.45) is 5.92 Å².